The minimum Gasteiger partial charge on any atom is -0.355 e. The average molecular weight is 494 g/mol. The van der Waals surface area contributed by atoms with Gasteiger partial charge in [0.2, 0.25) is 5.91 Å². The van der Waals surface area contributed by atoms with E-state index in [1.807, 2.05) is 35.4 Å². The number of hydrogen-bond donors (Lipinski definition) is 1. The lowest BCUT2D eigenvalue weighted by Gasteiger charge is -2.42. The molecule has 1 aromatic heterocycles. The largest absolute Gasteiger partial charge is 0.355 e. The van der Waals surface area contributed by atoms with Crippen molar-refractivity contribution in [2.45, 2.75) is 38.8 Å². The van der Waals surface area contributed by atoms with E-state index >= 15 is 0 Å². The molecule has 1 spiro atoms. The van der Waals surface area contributed by atoms with Crippen LogP contribution in [-0.2, 0) is 17.8 Å². The van der Waals surface area contributed by atoms with Crippen molar-refractivity contribution < 1.29 is 4.79 Å². The molecule has 4 heterocycles. The lowest BCUT2D eigenvalue weighted by molar-refractivity contribution is -0.116. The molecule has 1 atom stereocenters. The highest BCUT2D eigenvalue weighted by Gasteiger charge is 2.46. The molecule has 4 aliphatic rings. The zero-order chi connectivity index (χ0) is 25.1. The van der Waals surface area contributed by atoms with E-state index in [0.717, 1.165) is 66.8 Å². The topological polar surface area (TPSA) is 91.0 Å². The lowest BCUT2D eigenvalue weighted by Crippen LogP contribution is -2.46. The Labute approximate surface area is 216 Å². The predicted octanol–water partition coefficient (Wildman–Crippen LogP) is 3.45. The molecule has 1 aliphatic carbocycles. The van der Waals surface area contributed by atoms with E-state index in [1.165, 1.54) is 11.1 Å². The van der Waals surface area contributed by atoms with Gasteiger partial charge in [0.05, 0.1) is 29.8 Å². The maximum atomic E-state index is 12.2. The van der Waals surface area contributed by atoms with Crippen LogP contribution in [0, 0.1) is 5.41 Å². The molecule has 8 nitrogen and oxygen atoms in total. The first-order chi connectivity index (χ1) is 18.0. The van der Waals surface area contributed by atoms with Crippen LogP contribution in [0.4, 0.5) is 17.2 Å². The van der Waals surface area contributed by atoms with Gasteiger partial charge < -0.3 is 20.4 Å². The van der Waals surface area contributed by atoms with Crippen LogP contribution in [0.25, 0.3) is 0 Å². The number of carbonyl (C=O) groups excluding carboxylic acids is 1. The number of aromatic nitrogens is 2. The summed E-state index contributed by atoms with van der Waals surface area (Å²) in [6, 6.07) is 16.8. The van der Waals surface area contributed by atoms with Gasteiger partial charge >= 0.3 is 0 Å². The van der Waals surface area contributed by atoms with Crippen LogP contribution < -0.4 is 20.4 Å². The summed E-state index contributed by atoms with van der Waals surface area (Å²) in [6.45, 7) is 5.30. The van der Waals surface area contributed by atoms with Gasteiger partial charge in [-0.05, 0) is 47.9 Å². The van der Waals surface area contributed by atoms with Crippen LogP contribution >= 0.6 is 0 Å². The van der Waals surface area contributed by atoms with Crippen LogP contribution in [0.2, 0.25) is 0 Å². The number of benzene rings is 2. The molecule has 2 aromatic carbocycles. The van der Waals surface area contributed by atoms with E-state index in [9.17, 15) is 4.79 Å². The summed E-state index contributed by atoms with van der Waals surface area (Å²) in [4.78, 5) is 33.3. The smallest absolute Gasteiger partial charge is 0.223 e. The third-order valence-corrected chi connectivity index (χ3v) is 8.74. The molecule has 3 aromatic rings. The first-order valence-corrected chi connectivity index (χ1v) is 13.2. The van der Waals surface area contributed by atoms with Gasteiger partial charge in [-0.2, -0.15) is 0 Å². The van der Waals surface area contributed by atoms with Gasteiger partial charge in [-0.1, -0.05) is 36.4 Å². The molecule has 37 heavy (non-hydrogen) atoms. The molecular weight excluding hydrogens is 462 g/mol. The van der Waals surface area contributed by atoms with Gasteiger partial charge in [0.15, 0.2) is 5.84 Å². The Morgan fingerprint density at radius 1 is 1.00 bits per heavy atom. The first kappa shape index (κ1) is 22.4. The van der Waals surface area contributed by atoms with Gasteiger partial charge in [0.1, 0.15) is 11.5 Å². The van der Waals surface area contributed by atoms with Crippen molar-refractivity contribution in [3.8, 4) is 0 Å². The lowest BCUT2D eigenvalue weighted by atomic mass is 9.73. The molecule has 0 saturated carbocycles. The van der Waals surface area contributed by atoms with E-state index < -0.39 is 0 Å². The first-order valence-electron chi connectivity index (χ1n) is 13.2. The summed E-state index contributed by atoms with van der Waals surface area (Å²) in [5.41, 5.74) is 13.3. The number of carbonyl (C=O) groups is 1. The number of nitrogens with zero attached hydrogens (tertiary/aromatic N) is 6. The van der Waals surface area contributed by atoms with Crippen molar-refractivity contribution in [1.29, 1.82) is 0 Å². The van der Waals surface area contributed by atoms with Crippen molar-refractivity contribution in [3.63, 3.8) is 0 Å². The highest BCUT2D eigenvalue weighted by atomic mass is 16.2. The van der Waals surface area contributed by atoms with Crippen LogP contribution in [0.15, 0.2) is 59.7 Å². The standard InChI is InChI=1S/C29H31N7O/c1-19(37)35-14-15-36(24-9-5-4-8-23(24)35)28-26-22(17-32-28)33-25(18-31-26)34-12-10-29(11-13-34)16-20-6-2-3-7-21(20)27(29)30/h2-9,18,27H,10-17,30H2,1H3/t27-/m0/s1. The summed E-state index contributed by atoms with van der Waals surface area (Å²) in [5, 5.41) is 0. The Bertz CT molecular complexity index is 1430. The monoisotopic (exact) mass is 493 g/mol. The number of anilines is 3. The molecule has 188 valence electrons. The maximum absolute atomic E-state index is 12.2. The fourth-order valence-electron chi connectivity index (χ4n) is 6.70. The van der Waals surface area contributed by atoms with Crippen molar-refractivity contribution >= 4 is 28.9 Å². The van der Waals surface area contributed by atoms with Crippen molar-refractivity contribution in [3.05, 3.63) is 77.2 Å². The zero-order valence-corrected chi connectivity index (χ0v) is 21.1. The van der Waals surface area contributed by atoms with Crippen LogP contribution in [0.5, 0.6) is 0 Å². The minimum atomic E-state index is 0.0519. The molecule has 8 heteroatoms. The zero-order valence-electron chi connectivity index (χ0n) is 21.1. The number of para-hydroxylation sites is 2. The number of amidine groups is 1. The highest BCUT2D eigenvalue weighted by molar-refractivity contribution is 6.13. The normalized spacial score (nSPS) is 21.5. The van der Waals surface area contributed by atoms with Crippen molar-refractivity contribution in [2.75, 3.05) is 40.9 Å². The second-order valence-electron chi connectivity index (χ2n) is 10.7. The molecule has 0 bridgehead atoms. The van der Waals surface area contributed by atoms with Crippen molar-refractivity contribution in [1.82, 2.24) is 9.97 Å². The predicted molar refractivity (Wildman–Crippen MR) is 145 cm³/mol. The quantitative estimate of drug-likeness (QED) is 0.558. The molecule has 3 aliphatic heterocycles. The highest BCUT2D eigenvalue weighted by Crippen LogP contribution is 2.51. The van der Waals surface area contributed by atoms with Crippen LogP contribution in [0.1, 0.15) is 48.3 Å². The Hall–Kier alpha value is -3.78. The second-order valence-corrected chi connectivity index (χ2v) is 10.7. The molecule has 1 saturated heterocycles. The number of piperidine rings is 1. The molecule has 2 N–H and O–H groups in total. The number of fused-ring (bicyclic) bond motifs is 3. The maximum Gasteiger partial charge on any atom is 0.223 e. The molecule has 0 unspecified atom stereocenters. The van der Waals surface area contributed by atoms with E-state index in [1.54, 1.807) is 6.92 Å². The summed E-state index contributed by atoms with van der Waals surface area (Å²) in [7, 11) is 0. The molecule has 7 rings (SSSR count). The number of aliphatic imine (C=N–C) groups is 1. The van der Waals surface area contributed by atoms with Crippen LogP contribution in [0.3, 0.4) is 0 Å². The fraction of sp³-hybridized carbons (Fsp3) is 0.379. The fourth-order valence-corrected chi connectivity index (χ4v) is 6.70. The summed E-state index contributed by atoms with van der Waals surface area (Å²) in [6.07, 6.45) is 5.09. The van der Waals surface area contributed by atoms with E-state index in [4.69, 9.17) is 20.7 Å². The Morgan fingerprint density at radius 2 is 1.76 bits per heavy atom. The third kappa shape index (κ3) is 3.46. The van der Waals surface area contributed by atoms with Gasteiger partial charge in [-0.15, -0.1) is 0 Å². The molecule has 1 amide bonds. The SMILES string of the molecule is CC(=O)N1CCN(C2=NCc3nc(N4CCC5(CC4)Cc4ccccc4[C@@H]5N)cnc32)c2ccccc21. The Balaban J connectivity index is 1.10. The summed E-state index contributed by atoms with van der Waals surface area (Å²) >= 11 is 0. The Morgan fingerprint density at radius 3 is 2.54 bits per heavy atom. The number of amides is 1. The number of nitrogens with two attached hydrogens (primary N) is 1. The van der Waals surface area contributed by atoms with Crippen molar-refractivity contribution in [2.24, 2.45) is 16.1 Å². The van der Waals surface area contributed by atoms with E-state index in [-0.39, 0.29) is 17.4 Å². The summed E-state index contributed by atoms with van der Waals surface area (Å²) < 4.78 is 0. The van der Waals surface area contributed by atoms with Gasteiger partial charge in [-0.3, -0.25) is 9.79 Å². The average Bonchev–Trinajstić information content (AvgIpc) is 3.47. The number of hydrogen-bond acceptors (Lipinski definition) is 7. The second kappa shape index (κ2) is 8.38. The molecule has 1 fully saturated rings. The van der Waals surface area contributed by atoms with Crippen LogP contribution in [-0.4, -0.2) is 47.9 Å². The number of rotatable bonds is 1. The van der Waals surface area contributed by atoms with E-state index in [2.05, 4.69) is 34.1 Å². The minimum absolute atomic E-state index is 0.0519. The third-order valence-electron chi connectivity index (χ3n) is 8.74. The Kier molecular flexibility index (Phi) is 5.08. The van der Waals surface area contributed by atoms with Gasteiger partial charge in [-0.25, -0.2) is 9.97 Å². The van der Waals surface area contributed by atoms with Gasteiger partial charge in [0.25, 0.3) is 0 Å². The summed E-state index contributed by atoms with van der Waals surface area (Å²) in [5.74, 6) is 1.82. The van der Waals surface area contributed by atoms with E-state index in [0.29, 0.717) is 19.6 Å². The van der Waals surface area contributed by atoms with Gasteiger partial charge in [0, 0.05) is 39.1 Å². The molecular formula is C29H31N7O. The molecule has 0 radical (unpaired) electrons.